The van der Waals surface area contributed by atoms with E-state index in [0.717, 1.165) is 0 Å². The summed E-state index contributed by atoms with van der Waals surface area (Å²) in [6, 6.07) is 9.62. The molecule has 0 radical (unpaired) electrons. The van der Waals surface area contributed by atoms with E-state index in [1.54, 1.807) is 36.4 Å². The lowest BCUT2D eigenvalue weighted by Crippen LogP contribution is -2.26. The van der Waals surface area contributed by atoms with Gasteiger partial charge in [-0.3, -0.25) is 14.9 Å². The monoisotopic (exact) mass is 302 g/mol. The standard InChI is InChI=1S/C15H14N2O5/c18-10-9-16-15(19)13-4-2-1-3-11(13)5-6-12-7-8-14(22-12)17(20)21/h1-8,18H,9-10H2,(H,16,19). The van der Waals surface area contributed by atoms with Gasteiger partial charge in [0.1, 0.15) is 10.7 Å². The molecule has 1 amide bonds. The summed E-state index contributed by atoms with van der Waals surface area (Å²) in [5.74, 6) is -0.328. The van der Waals surface area contributed by atoms with Crippen molar-refractivity contribution < 1.29 is 19.2 Å². The first-order valence-corrected chi connectivity index (χ1v) is 6.52. The van der Waals surface area contributed by atoms with Crippen LogP contribution < -0.4 is 5.32 Å². The van der Waals surface area contributed by atoms with Crippen molar-refractivity contribution in [2.45, 2.75) is 0 Å². The van der Waals surface area contributed by atoms with E-state index < -0.39 is 4.92 Å². The van der Waals surface area contributed by atoms with Crippen molar-refractivity contribution in [1.82, 2.24) is 5.32 Å². The molecule has 0 aliphatic heterocycles. The van der Waals surface area contributed by atoms with Gasteiger partial charge in [-0.1, -0.05) is 24.3 Å². The predicted molar refractivity (Wildman–Crippen MR) is 80.2 cm³/mol. The van der Waals surface area contributed by atoms with Crippen molar-refractivity contribution in [2.75, 3.05) is 13.2 Å². The van der Waals surface area contributed by atoms with E-state index in [2.05, 4.69) is 5.32 Å². The lowest BCUT2D eigenvalue weighted by molar-refractivity contribution is -0.402. The Labute approximate surface area is 126 Å². The molecule has 22 heavy (non-hydrogen) atoms. The van der Waals surface area contributed by atoms with Crippen LogP contribution in [0, 0.1) is 10.1 Å². The molecule has 0 saturated carbocycles. The maximum Gasteiger partial charge on any atom is 0.433 e. The minimum absolute atomic E-state index is 0.139. The van der Waals surface area contributed by atoms with E-state index in [9.17, 15) is 14.9 Å². The summed E-state index contributed by atoms with van der Waals surface area (Å²) in [5.41, 5.74) is 1.07. The number of hydrogen-bond acceptors (Lipinski definition) is 5. The molecule has 0 spiro atoms. The van der Waals surface area contributed by atoms with E-state index >= 15 is 0 Å². The van der Waals surface area contributed by atoms with E-state index in [-0.39, 0.29) is 24.9 Å². The number of aliphatic hydroxyl groups is 1. The number of carbonyl (C=O) groups is 1. The van der Waals surface area contributed by atoms with Crippen LogP contribution in [0.3, 0.4) is 0 Å². The summed E-state index contributed by atoms with van der Waals surface area (Å²) in [4.78, 5) is 21.9. The topological polar surface area (TPSA) is 106 Å². The van der Waals surface area contributed by atoms with Gasteiger partial charge in [-0.05, 0) is 23.8 Å². The lowest BCUT2D eigenvalue weighted by atomic mass is 10.1. The number of amides is 1. The fourth-order valence-electron chi connectivity index (χ4n) is 1.82. The highest BCUT2D eigenvalue weighted by Crippen LogP contribution is 2.19. The highest BCUT2D eigenvalue weighted by atomic mass is 16.6. The summed E-state index contributed by atoms with van der Waals surface area (Å²) in [6.07, 6.45) is 3.18. The van der Waals surface area contributed by atoms with Crippen molar-refractivity contribution in [2.24, 2.45) is 0 Å². The van der Waals surface area contributed by atoms with Crippen LogP contribution in [0.15, 0.2) is 40.8 Å². The van der Waals surface area contributed by atoms with Gasteiger partial charge < -0.3 is 14.8 Å². The van der Waals surface area contributed by atoms with Gasteiger partial charge in [-0.2, -0.15) is 0 Å². The number of benzene rings is 1. The Morgan fingerprint density at radius 3 is 2.73 bits per heavy atom. The molecule has 0 aliphatic rings. The first-order chi connectivity index (χ1) is 10.6. The zero-order valence-corrected chi connectivity index (χ0v) is 11.6. The van der Waals surface area contributed by atoms with Gasteiger partial charge in [0.25, 0.3) is 5.91 Å². The van der Waals surface area contributed by atoms with E-state index in [1.807, 2.05) is 0 Å². The van der Waals surface area contributed by atoms with Gasteiger partial charge in [0.2, 0.25) is 0 Å². The van der Waals surface area contributed by atoms with E-state index in [0.29, 0.717) is 16.9 Å². The summed E-state index contributed by atoms with van der Waals surface area (Å²) < 4.78 is 5.01. The van der Waals surface area contributed by atoms with E-state index in [1.165, 1.54) is 12.1 Å². The predicted octanol–water partition coefficient (Wildman–Crippen LogP) is 2.08. The smallest absolute Gasteiger partial charge is 0.401 e. The molecule has 0 aliphatic carbocycles. The zero-order valence-electron chi connectivity index (χ0n) is 11.6. The van der Waals surface area contributed by atoms with Crippen LogP contribution >= 0.6 is 0 Å². The molecule has 0 saturated heterocycles. The maximum absolute atomic E-state index is 12.0. The summed E-state index contributed by atoms with van der Waals surface area (Å²) in [7, 11) is 0. The Bertz CT molecular complexity index is 705. The highest BCUT2D eigenvalue weighted by molar-refractivity contribution is 5.98. The van der Waals surface area contributed by atoms with Gasteiger partial charge in [-0.25, -0.2) is 0 Å². The van der Waals surface area contributed by atoms with Crippen molar-refractivity contribution >= 4 is 23.9 Å². The molecule has 2 rings (SSSR count). The molecule has 2 N–H and O–H groups in total. The first kappa shape index (κ1) is 15.5. The zero-order chi connectivity index (χ0) is 15.9. The molecule has 114 valence electrons. The van der Waals surface area contributed by atoms with Crippen molar-refractivity contribution in [1.29, 1.82) is 0 Å². The molecule has 1 aromatic carbocycles. The van der Waals surface area contributed by atoms with Gasteiger partial charge >= 0.3 is 5.88 Å². The average molecular weight is 302 g/mol. The molecule has 1 heterocycles. The van der Waals surface area contributed by atoms with E-state index in [4.69, 9.17) is 9.52 Å². The highest BCUT2D eigenvalue weighted by Gasteiger charge is 2.11. The van der Waals surface area contributed by atoms with Crippen molar-refractivity contribution in [3.63, 3.8) is 0 Å². The molecule has 0 bridgehead atoms. The van der Waals surface area contributed by atoms with Crippen LogP contribution in [0.5, 0.6) is 0 Å². The summed E-state index contributed by atoms with van der Waals surface area (Å²) >= 11 is 0. The third kappa shape index (κ3) is 3.80. The van der Waals surface area contributed by atoms with Gasteiger partial charge in [0.15, 0.2) is 0 Å². The van der Waals surface area contributed by atoms with Crippen LogP contribution in [-0.2, 0) is 0 Å². The molecule has 7 heteroatoms. The first-order valence-electron chi connectivity index (χ1n) is 6.52. The number of rotatable bonds is 6. The fraction of sp³-hybridized carbons (Fsp3) is 0.133. The SMILES string of the molecule is O=C(NCCO)c1ccccc1C=Cc1ccc([N+](=O)[O-])o1. The minimum Gasteiger partial charge on any atom is -0.401 e. The Morgan fingerprint density at radius 1 is 1.27 bits per heavy atom. The number of nitrogens with one attached hydrogen (secondary N) is 1. The molecule has 7 nitrogen and oxygen atoms in total. The van der Waals surface area contributed by atoms with Crippen molar-refractivity contribution in [3.05, 3.63) is 63.4 Å². The molecule has 1 aromatic heterocycles. The van der Waals surface area contributed by atoms with Crippen molar-refractivity contribution in [3.8, 4) is 0 Å². The summed E-state index contributed by atoms with van der Waals surface area (Å²) in [5, 5.41) is 21.9. The number of hydrogen-bond donors (Lipinski definition) is 2. The molecule has 0 fully saturated rings. The van der Waals surface area contributed by atoms with Gasteiger partial charge in [0.05, 0.1) is 12.7 Å². The molecule has 0 atom stereocenters. The Morgan fingerprint density at radius 2 is 2.05 bits per heavy atom. The van der Waals surface area contributed by atoms with Crippen LogP contribution in [0.25, 0.3) is 12.2 Å². The fourth-order valence-corrected chi connectivity index (χ4v) is 1.82. The second-order valence-corrected chi connectivity index (χ2v) is 4.33. The second kappa shape index (κ2) is 7.19. The normalized spacial score (nSPS) is 10.8. The van der Waals surface area contributed by atoms with Gasteiger partial charge in [-0.15, -0.1) is 0 Å². The number of aliphatic hydroxyl groups excluding tert-OH is 1. The van der Waals surface area contributed by atoms with Crippen LogP contribution in [0.2, 0.25) is 0 Å². The number of carbonyl (C=O) groups excluding carboxylic acids is 1. The third-order valence-electron chi connectivity index (χ3n) is 2.82. The minimum atomic E-state index is -0.617. The number of nitro groups is 1. The number of nitrogens with zero attached hydrogens (tertiary/aromatic N) is 1. The quantitative estimate of drug-likeness (QED) is 0.627. The Kier molecular flexibility index (Phi) is 5.05. The van der Waals surface area contributed by atoms with Crippen LogP contribution in [0.4, 0.5) is 5.88 Å². The largest absolute Gasteiger partial charge is 0.433 e. The Balaban J connectivity index is 2.19. The molecule has 0 unspecified atom stereocenters. The Hall–Kier alpha value is -2.93. The molecular weight excluding hydrogens is 288 g/mol. The second-order valence-electron chi connectivity index (χ2n) is 4.33. The average Bonchev–Trinajstić information content (AvgIpc) is 3.00. The molecule has 2 aromatic rings. The van der Waals surface area contributed by atoms with Gasteiger partial charge in [0, 0.05) is 12.1 Å². The molecular formula is C15H14N2O5. The van der Waals surface area contributed by atoms with Crippen LogP contribution in [-0.4, -0.2) is 29.1 Å². The summed E-state index contributed by atoms with van der Waals surface area (Å²) in [6.45, 7) is 0.0288. The maximum atomic E-state index is 12.0. The number of furan rings is 1. The lowest BCUT2D eigenvalue weighted by Gasteiger charge is -2.06. The van der Waals surface area contributed by atoms with Crippen LogP contribution in [0.1, 0.15) is 21.7 Å². The third-order valence-corrected chi connectivity index (χ3v) is 2.82.